The Balaban J connectivity index is 1.68. The molecule has 0 aliphatic rings. The van der Waals surface area contributed by atoms with Gasteiger partial charge < -0.3 is 10.1 Å². The second-order valence-corrected chi connectivity index (χ2v) is 8.70. The molecule has 0 saturated heterocycles. The maximum absolute atomic E-state index is 12.7. The van der Waals surface area contributed by atoms with E-state index < -0.39 is 10.0 Å². The van der Waals surface area contributed by atoms with Crippen LogP contribution in [0.15, 0.2) is 77.7 Å². The number of hydrogen-bond donors (Lipinski definition) is 2. The van der Waals surface area contributed by atoms with Crippen LogP contribution >= 0.6 is 0 Å². The molecule has 0 bridgehead atoms. The summed E-state index contributed by atoms with van der Waals surface area (Å²) in [6.45, 7) is 3.80. The summed E-state index contributed by atoms with van der Waals surface area (Å²) in [7, 11) is -2.17. The number of sulfonamides is 1. The third-order valence-corrected chi connectivity index (χ3v) is 5.99. The van der Waals surface area contributed by atoms with Gasteiger partial charge in [0.25, 0.3) is 10.0 Å². The Morgan fingerprint density at radius 1 is 0.968 bits per heavy atom. The smallest absolute Gasteiger partial charge is 0.261 e. The van der Waals surface area contributed by atoms with Crippen LogP contribution in [0.1, 0.15) is 16.7 Å². The highest BCUT2D eigenvalue weighted by Crippen LogP contribution is 2.22. The van der Waals surface area contributed by atoms with E-state index in [0.29, 0.717) is 17.1 Å². The lowest BCUT2D eigenvalue weighted by atomic mass is 10.1. The first-order chi connectivity index (χ1) is 14.8. The summed E-state index contributed by atoms with van der Waals surface area (Å²) in [5, 5.41) is 2.71. The summed E-state index contributed by atoms with van der Waals surface area (Å²) in [4.78, 5) is 12.3. The molecule has 0 saturated carbocycles. The van der Waals surface area contributed by atoms with Crippen molar-refractivity contribution in [1.82, 2.24) is 0 Å². The van der Waals surface area contributed by atoms with Crippen molar-refractivity contribution in [3.05, 3.63) is 89.5 Å². The number of carbonyl (C=O) groups excluding carboxylic acids is 1. The molecular weight excluding hydrogens is 412 g/mol. The van der Waals surface area contributed by atoms with Crippen molar-refractivity contribution in [2.24, 2.45) is 0 Å². The quantitative estimate of drug-likeness (QED) is 0.523. The fourth-order valence-electron chi connectivity index (χ4n) is 3.00. The molecule has 0 radical (unpaired) electrons. The number of rotatable bonds is 7. The van der Waals surface area contributed by atoms with Crippen LogP contribution in [0.5, 0.6) is 5.75 Å². The van der Waals surface area contributed by atoms with Crippen molar-refractivity contribution in [3.63, 3.8) is 0 Å². The third-order valence-electron chi connectivity index (χ3n) is 4.61. The summed E-state index contributed by atoms with van der Waals surface area (Å²) in [6, 6.07) is 18.8. The van der Waals surface area contributed by atoms with Gasteiger partial charge in [-0.15, -0.1) is 0 Å². The van der Waals surface area contributed by atoms with E-state index in [1.807, 2.05) is 50.2 Å². The second kappa shape index (κ2) is 9.49. The molecule has 0 unspecified atom stereocenters. The van der Waals surface area contributed by atoms with E-state index in [0.717, 1.165) is 16.7 Å². The predicted molar refractivity (Wildman–Crippen MR) is 124 cm³/mol. The number of amides is 1. The van der Waals surface area contributed by atoms with Gasteiger partial charge in [-0.2, -0.15) is 0 Å². The van der Waals surface area contributed by atoms with E-state index in [-0.39, 0.29) is 10.8 Å². The topological polar surface area (TPSA) is 84.5 Å². The van der Waals surface area contributed by atoms with Crippen molar-refractivity contribution in [2.75, 3.05) is 17.1 Å². The summed E-state index contributed by atoms with van der Waals surface area (Å²) in [6.07, 6.45) is 3.05. The Labute approximate surface area is 182 Å². The molecule has 160 valence electrons. The number of para-hydroxylation sites is 1. The SMILES string of the molecule is COc1ccccc1C=CC(=O)Nc1ccc(S(=O)(=O)Nc2ccc(C)cc2C)cc1. The average molecular weight is 437 g/mol. The number of ether oxygens (including phenoxy) is 1. The number of aryl methyl sites for hydroxylation is 2. The molecular formula is C24H24N2O4S. The monoisotopic (exact) mass is 436 g/mol. The van der Waals surface area contributed by atoms with Crippen molar-refractivity contribution in [3.8, 4) is 5.75 Å². The molecule has 0 spiro atoms. The lowest BCUT2D eigenvalue weighted by molar-refractivity contribution is -0.111. The molecule has 0 aliphatic carbocycles. The Hall–Kier alpha value is -3.58. The molecule has 0 aromatic heterocycles. The first kappa shape index (κ1) is 22.1. The minimum atomic E-state index is -3.74. The van der Waals surface area contributed by atoms with E-state index in [9.17, 15) is 13.2 Å². The molecule has 3 rings (SSSR count). The lowest BCUT2D eigenvalue weighted by Gasteiger charge is -2.11. The second-order valence-electron chi connectivity index (χ2n) is 7.01. The lowest BCUT2D eigenvalue weighted by Crippen LogP contribution is -2.14. The average Bonchev–Trinajstić information content (AvgIpc) is 2.75. The van der Waals surface area contributed by atoms with Gasteiger partial charge in [0.2, 0.25) is 5.91 Å². The molecule has 0 fully saturated rings. The van der Waals surface area contributed by atoms with Gasteiger partial charge in [0.05, 0.1) is 17.7 Å². The zero-order valence-corrected chi connectivity index (χ0v) is 18.4. The number of hydrogen-bond acceptors (Lipinski definition) is 4. The highest BCUT2D eigenvalue weighted by atomic mass is 32.2. The van der Waals surface area contributed by atoms with Crippen LogP contribution in [-0.2, 0) is 14.8 Å². The van der Waals surface area contributed by atoms with Gasteiger partial charge in [-0.25, -0.2) is 8.42 Å². The fourth-order valence-corrected chi connectivity index (χ4v) is 4.13. The van der Waals surface area contributed by atoms with Crippen LogP contribution in [0.3, 0.4) is 0 Å². The van der Waals surface area contributed by atoms with Crippen LogP contribution in [-0.4, -0.2) is 21.4 Å². The minimum Gasteiger partial charge on any atom is -0.496 e. The fraction of sp³-hybridized carbons (Fsp3) is 0.125. The molecule has 6 nitrogen and oxygen atoms in total. The summed E-state index contributed by atoms with van der Waals surface area (Å²) in [5.74, 6) is 0.326. The summed E-state index contributed by atoms with van der Waals surface area (Å²) >= 11 is 0. The minimum absolute atomic E-state index is 0.107. The molecule has 7 heteroatoms. The number of benzene rings is 3. The molecule has 0 aliphatic heterocycles. The molecule has 2 N–H and O–H groups in total. The van der Waals surface area contributed by atoms with Crippen LogP contribution in [0, 0.1) is 13.8 Å². The first-order valence-corrected chi connectivity index (χ1v) is 11.1. The number of carbonyl (C=O) groups is 1. The zero-order valence-electron chi connectivity index (χ0n) is 17.5. The Morgan fingerprint density at radius 2 is 1.68 bits per heavy atom. The van der Waals surface area contributed by atoms with Gasteiger partial charge >= 0.3 is 0 Å². The molecule has 0 heterocycles. The van der Waals surface area contributed by atoms with E-state index in [1.165, 1.54) is 18.2 Å². The number of methoxy groups -OCH3 is 1. The molecule has 31 heavy (non-hydrogen) atoms. The van der Waals surface area contributed by atoms with Crippen LogP contribution < -0.4 is 14.8 Å². The summed E-state index contributed by atoms with van der Waals surface area (Å²) < 4.78 is 33.2. The van der Waals surface area contributed by atoms with Gasteiger partial charge in [0.15, 0.2) is 0 Å². The maximum Gasteiger partial charge on any atom is 0.261 e. The van der Waals surface area contributed by atoms with Crippen molar-refractivity contribution >= 4 is 33.4 Å². The van der Waals surface area contributed by atoms with Crippen LogP contribution in [0.4, 0.5) is 11.4 Å². The highest BCUT2D eigenvalue weighted by Gasteiger charge is 2.15. The molecule has 3 aromatic rings. The van der Waals surface area contributed by atoms with E-state index in [4.69, 9.17) is 4.74 Å². The molecule has 0 atom stereocenters. The van der Waals surface area contributed by atoms with Crippen molar-refractivity contribution < 1.29 is 17.9 Å². The van der Waals surface area contributed by atoms with Gasteiger partial charge in [0.1, 0.15) is 5.75 Å². The van der Waals surface area contributed by atoms with E-state index >= 15 is 0 Å². The van der Waals surface area contributed by atoms with Gasteiger partial charge in [-0.05, 0) is 61.9 Å². The predicted octanol–water partition coefficient (Wildman–Crippen LogP) is 4.76. The highest BCUT2D eigenvalue weighted by molar-refractivity contribution is 7.92. The van der Waals surface area contributed by atoms with Crippen molar-refractivity contribution in [2.45, 2.75) is 18.7 Å². The first-order valence-electron chi connectivity index (χ1n) is 9.61. The van der Waals surface area contributed by atoms with Gasteiger partial charge in [0, 0.05) is 17.3 Å². The van der Waals surface area contributed by atoms with Gasteiger partial charge in [-0.1, -0.05) is 35.9 Å². The van der Waals surface area contributed by atoms with Crippen LogP contribution in [0.25, 0.3) is 6.08 Å². The third kappa shape index (κ3) is 5.73. The number of anilines is 2. The van der Waals surface area contributed by atoms with E-state index in [1.54, 1.807) is 31.4 Å². The maximum atomic E-state index is 12.7. The number of nitrogens with one attached hydrogen (secondary N) is 2. The summed E-state index contributed by atoms with van der Waals surface area (Å²) in [5.41, 5.74) is 3.69. The molecule has 1 amide bonds. The van der Waals surface area contributed by atoms with Gasteiger partial charge in [-0.3, -0.25) is 9.52 Å². The molecule has 3 aromatic carbocycles. The van der Waals surface area contributed by atoms with Crippen LogP contribution in [0.2, 0.25) is 0 Å². The van der Waals surface area contributed by atoms with E-state index in [2.05, 4.69) is 10.0 Å². The Morgan fingerprint density at radius 3 is 2.35 bits per heavy atom. The standard InChI is InChI=1S/C24H24N2O4S/c1-17-8-14-22(18(2)16-17)26-31(28,29)21-12-10-20(11-13-21)25-24(27)15-9-19-6-4-5-7-23(19)30-3/h4-16,26H,1-3H3,(H,25,27). The normalized spacial score (nSPS) is 11.3. The Kier molecular flexibility index (Phi) is 6.77. The zero-order chi connectivity index (χ0) is 22.4. The Bertz CT molecular complexity index is 1220. The largest absolute Gasteiger partial charge is 0.496 e. The van der Waals surface area contributed by atoms with Crippen molar-refractivity contribution in [1.29, 1.82) is 0 Å².